The van der Waals surface area contributed by atoms with E-state index < -0.39 is 0 Å². The fourth-order valence-electron chi connectivity index (χ4n) is 3.05. The third-order valence-electron chi connectivity index (χ3n) is 4.88. The zero-order chi connectivity index (χ0) is 20.4. The molecule has 7 heteroatoms. The first-order valence-electron chi connectivity index (χ1n) is 10.1. The van der Waals surface area contributed by atoms with E-state index in [0.29, 0.717) is 11.9 Å². The van der Waals surface area contributed by atoms with Crippen LogP contribution in [-0.4, -0.2) is 76.8 Å². The van der Waals surface area contributed by atoms with Gasteiger partial charge in [-0.25, -0.2) is 4.99 Å². The standard InChI is InChI=1S/C21H35N5O2/c1-5-26(19-8-6-7-17(2)13-19)11-10-22-21(24-15-20(27)25(3)4)23-14-18-9-12-28-16-18/h6-8,13,18H,5,9-12,14-16H2,1-4H3,(H2,22,23,24). The molecule has 2 N–H and O–H groups in total. The van der Waals surface area contributed by atoms with Crippen LogP contribution in [0.5, 0.6) is 0 Å². The van der Waals surface area contributed by atoms with Crippen LogP contribution in [0.25, 0.3) is 0 Å². The lowest BCUT2D eigenvalue weighted by atomic mass is 10.1. The van der Waals surface area contributed by atoms with E-state index in [1.54, 1.807) is 19.0 Å². The zero-order valence-corrected chi connectivity index (χ0v) is 17.7. The molecule has 0 bridgehead atoms. The van der Waals surface area contributed by atoms with E-state index in [9.17, 15) is 4.79 Å². The summed E-state index contributed by atoms with van der Waals surface area (Å²) < 4.78 is 5.44. The molecule has 7 nitrogen and oxygen atoms in total. The Morgan fingerprint density at radius 3 is 2.79 bits per heavy atom. The number of ether oxygens (including phenoxy) is 1. The number of likely N-dealkylation sites (N-methyl/N-ethyl adjacent to an activating group) is 2. The first kappa shape index (κ1) is 22.0. The summed E-state index contributed by atoms with van der Waals surface area (Å²) in [6.45, 7) is 9.35. The summed E-state index contributed by atoms with van der Waals surface area (Å²) in [6.07, 6.45) is 1.06. The molecule has 1 aliphatic heterocycles. The molecule has 1 unspecified atom stereocenters. The fraction of sp³-hybridized carbons (Fsp3) is 0.619. The molecule has 1 heterocycles. The Labute approximate surface area is 169 Å². The number of hydrogen-bond acceptors (Lipinski definition) is 4. The van der Waals surface area contributed by atoms with Crippen LogP contribution in [0.4, 0.5) is 5.69 Å². The van der Waals surface area contributed by atoms with Gasteiger partial charge in [-0.3, -0.25) is 4.79 Å². The first-order valence-corrected chi connectivity index (χ1v) is 10.1. The van der Waals surface area contributed by atoms with Crippen LogP contribution in [0.15, 0.2) is 29.3 Å². The third-order valence-corrected chi connectivity index (χ3v) is 4.88. The van der Waals surface area contributed by atoms with E-state index in [2.05, 4.69) is 58.6 Å². The number of amides is 1. The molecule has 1 atom stereocenters. The Balaban J connectivity index is 1.90. The van der Waals surface area contributed by atoms with Crippen molar-refractivity contribution in [1.29, 1.82) is 0 Å². The van der Waals surface area contributed by atoms with Crippen molar-refractivity contribution < 1.29 is 9.53 Å². The molecule has 28 heavy (non-hydrogen) atoms. The maximum absolute atomic E-state index is 11.9. The predicted octanol–water partition coefficient (Wildman–Crippen LogP) is 1.48. The zero-order valence-electron chi connectivity index (χ0n) is 17.7. The van der Waals surface area contributed by atoms with Crippen LogP contribution >= 0.6 is 0 Å². The second-order valence-electron chi connectivity index (χ2n) is 7.41. The van der Waals surface area contributed by atoms with Crippen LogP contribution in [0.3, 0.4) is 0 Å². The van der Waals surface area contributed by atoms with E-state index in [0.717, 1.165) is 45.8 Å². The molecule has 1 amide bonds. The highest BCUT2D eigenvalue weighted by Gasteiger charge is 2.16. The molecule has 1 aromatic rings. The molecule has 2 rings (SSSR count). The largest absolute Gasteiger partial charge is 0.381 e. The molecule has 156 valence electrons. The fourth-order valence-corrected chi connectivity index (χ4v) is 3.05. The molecule has 1 saturated heterocycles. The number of anilines is 1. The molecule has 0 radical (unpaired) electrons. The predicted molar refractivity (Wildman–Crippen MR) is 115 cm³/mol. The lowest BCUT2D eigenvalue weighted by molar-refractivity contribution is -0.127. The number of carbonyl (C=O) groups is 1. The summed E-state index contributed by atoms with van der Waals surface area (Å²) in [5, 5.41) is 6.74. The van der Waals surface area contributed by atoms with Crippen molar-refractivity contribution in [2.24, 2.45) is 10.9 Å². The molecule has 0 spiro atoms. The van der Waals surface area contributed by atoms with E-state index in [1.807, 2.05) is 0 Å². The highest BCUT2D eigenvalue weighted by Crippen LogP contribution is 2.15. The van der Waals surface area contributed by atoms with Gasteiger partial charge >= 0.3 is 0 Å². The normalized spacial score (nSPS) is 16.7. The number of benzene rings is 1. The van der Waals surface area contributed by atoms with Crippen molar-refractivity contribution in [3.63, 3.8) is 0 Å². The first-order chi connectivity index (χ1) is 13.5. The minimum atomic E-state index is -0.0137. The SMILES string of the molecule is CCN(CCNC(=NCC(=O)N(C)C)NCC1CCOC1)c1cccc(C)c1. The summed E-state index contributed by atoms with van der Waals surface area (Å²) in [6, 6.07) is 8.54. The Bertz CT molecular complexity index is 641. The van der Waals surface area contributed by atoms with Crippen LogP contribution in [0.1, 0.15) is 18.9 Å². The summed E-state index contributed by atoms with van der Waals surface area (Å²) in [5.74, 6) is 1.17. The molecule has 0 aliphatic carbocycles. The van der Waals surface area contributed by atoms with Gasteiger partial charge in [-0.15, -0.1) is 0 Å². The summed E-state index contributed by atoms with van der Waals surface area (Å²) in [4.78, 5) is 20.2. The quantitative estimate of drug-likeness (QED) is 0.495. The van der Waals surface area contributed by atoms with Crippen LogP contribution in [-0.2, 0) is 9.53 Å². The molecule has 1 fully saturated rings. The summed E-state index contributed by atoms with van der Waals surface area (Å²) >= 11 is 0. The maximum atomic E-state index is 11.9. The average molecular weight is 390 g/mol. The number of rotatable bonds is 9. The average Bonchev–Trinajstić information content (AvgIpc) is 3.20. The Morgan fingerprint density at radius 2 is 2.14 bits per heavy atom. The van der Waals surface area contributed by atoms with E-state index >= 15 is 0 Å². The molecule has 0 saturated carbocycles. The van der Waals surface area contributed by atoms with Gasteiger partial charge in [0.1, 0.15) is 6.54 Å². The second-order valence-corrected chi connectivity index (χ2v) is 7.41. The topological polar surface area (TPSA) is 69.2 Å². The van der Waals surface area contributed by atoms with Crippen molar-refractivity contribution in [3.8, 4) is 0 Å². The molecule has 0 aromatic heterocycles. The van der Waals surface area contributed by atoms with Crippen molar-refractivity contribution in [2.45, 2.75) is 20.3 Å². The minimum absolute atomic E-state index is 0.0137. The van der Waals surface area contributed by atoms with E-state index in [4.69, 9.17) is 4.74 Å². The Hall–Kier alpha value is -2.28. The number of nitrogens with zero attached hydrogens (tertiary/aromatic N) is 3. The van der Waals surface area contributed by atoms with Gasteiger partial charge in [-0.05, 0) is 38.0 Å². The van der Waals surface area contributed by atoms with Crippen molar-refractivity contribution >= 4 is 17.6 Å². The van der Waals surface area contributed by atoms with Gasteiger partial charge in [0.25, 0.3) is 0 Å². The van der Waals surface area contributed by atoms with Gasteiger partial charge in [0, 0.05) is 58.5 Å². The smallest absolute Gasteiger partial charge is 0.243 e. The van der Waals surface area contributed by atoms with Crippen molar-refractivity contribution in [2.75, 3.05) is 64.9 Å². The van der Waals surface area contributed by atoms with Crippen LogP contribution in [0.2, 0.25) is 0 Å². The number of nitrogens with one attached hydrogen (secondary N) is 2. The third kappa shape index (κ3) is 7.38. The summed E-state index contributed by atoms with van der Waals surface area (Å²) in [5.41, 5.74) is 2.48. The molecule has 1 aliphatic rings. The number of aliphatic imine (C=N–C) groups is 1. The highest BCUT2D eigenvalue weighted by atomic mass is 16.5. The minimum Gasteiger partial charge on any atom is -0.381 e. The molecular formula is C21H35N5O2. The van der Waals surface area contributed by atoms with Gasteiger partial charge in [0.2, 0.25) is 5.91 Å². The number of guanidine groups is 1. The van der Waals surface area contributed by atoms with Crippen molar-refractivity contribution in [3.05, 3.63) is 29.8 Å². The van der Waals surface area contributed by atoms with Gasteiger partial charge < -0.3 is 25.2 Å². The number of aryl methyl sites for hydroxylation is 1. The lowest BCUT2D eigenvalue weighted by Gasteiger charge is -2.24. The second kappa shape index (κ2) is 11.5. The molecule has 1 aromatic carbocycles. The van der Waals surface area contributed by atoms with E-state index in [-0.39, 0.29) is 12.5 Å². The monoisotopic (exact) mass is 389 g/mol. The van der Waals surface area contributed by atoms with Crippen LogP contribution < -0.4 is 15.5 Å². The van der Waals surface area contributed by atoms with Gasteiger partial charge in [-0.1, -0.05) is 12.1 Å². The highest BCUT2D eigenvalue weighted by molar-refractivity contribution is 5.84. The van der Waals surface area contributed by atoms with Gasteiger partial charge in [0.15, 0.2) is 5.96 Å². The van der Waals surface area contributed by atoms with Crippen molar-refractivity contribution in [1.82, 2.24) is 15.5 Å². The maximum Gasteiger partial charge on any atom is 0.243 e. The summed E-state index contributed by atoms with van der Waals surface area (Å²) in [7, 11) is 3.49. The van der Waals surface area contributed by atoms with Gasteiger partial charge in [-0.2, -0.15) is 0 Å². The Morgan fingerprint density at radius 1 is 1.32 bits per heavy atom. The Kier molecular flexibility index (Phi) is 9.07. The molecular weight excluding hydrogens is 354 g/mol. The lowest BCUT2D eigenvalue weighted by Crippen LogP contribution is -2.44. The van der Waals surface area contributed by atoms with Crippen LogP contribution in [0, 0.1) is 12.8 Å². The van der Waals surface area contributed by atoms with Gasteiger partial charge in [0.05, 0.1) is 6.61 Å². The van der Waals surface area contributed by atoms with E-state index in [1.165, 1.54) is 11.3 Å². The number of hydrogen-bond donors (Lipinski definition) is 2. The number of carbonyl (C=O) groups excluding carboxylic acids is 1.